The third-order valence-electron chi connectivity index (χ3n) is 1.10. The van der Waals surface area contributed by atoms with E-state index in [1.165, 1.54) is 6.07 Å². The minimum Gasteiger partial charge on any atom is -0.213 e. The van der Waals surface area contributed by atoms with E-state index in [0.717, 1.165) is 0 Å². The summed E-state index contributed by atoms with van der Waals surface area (Å²) in [5.41, 5.74) is -1.63. The number of halogens is 4. The minimum absolute atomic E-state index is 0.410. The van der Waals surface area contributed by atoms with Crippen LogP contribution in [0.5, 0.6) is 0 Å². The van der Waals surface area contributed by atoms with Gasteiger partial charge in [-0.25, -0.2) is 9.97 Å². The number of hydrogen-bond donors (Lipinski definition) is 0. The predicted octanol–water partition coefficient (Wildman–Crippen LogP) is 2.02. The molecule has 0 aromatic carbocycles. The maximum Gasteiger partial charge on any atom is 0.433 e. The topological polar surface area (TPSA) is 49.6 Å². The highest BCUT2D eigenvalue weighted by atomic mass is 35.5. The minimum atomic E-state index is -4.61. The van der Waals surface area contributed by atoms with Gasteiger partial charge in [0.25, 0.3) is 0 Å². The molecular weight excluding hydrogens is 207 g/mol. The summed E-state index contributed by atoms with van der Waals surface area (Å²) in [6.07, 6.45) is -4.61. The lowest BCUT2D eigenvalue weighted by molar-refractivity contribution is -0.141. The fourth-order valence-corrected chi connectivity index (χ4v) is 0.802. The van der Waals surface area contributed by atoms with E-state index in [4.69, 9.17) is 16.9 Å². The summed E-state index contributed by atoms with van der Waals surface area (Å²) < 4.78 is 36.1. The van der Waals surface area contributed by atoms with Crippen molar-refractivity contribution < 1.29 is 13.2 Å². The van der Waals surface area contributed by atoms with Crippen LogP contribution in [0, 0.1) is 11.3 Å². The Hall–Kier alpha value is -1.35. The van der Waals surface area contributed by atoms with Crippen LogP contribution >= 0.6 is 11.6 Å². The van der Waals surface area contributed by atoms with E-state index in [0.29, 0.717) is 6.07 Å². The summed E-state index contributed by atoms with van der Waals surface area (Å²) >= 11 is 5.16. The van der Waals surface area contributed by atoms with E-state index in [9.17, 15) is 13.2 Å². The molecule has 3 nitrogen and oxygen atoms in total. The zero-order chi connectivity index (χ0) is 10.1. The molecule has 0 unspecified atom stereocenters. The Balaban J connectivity index is 3.26. The standard InChI is InChI=1S/C6HClF3N3/c7-5-12-3(2-11)1-4(13-5)6(8,9)10/h1H. The molecule has 0 aliphatic heterocycles. The van der Waals surface area contributed by atoms with Gasteiger partial charge in [0.2, 0.25) is 5.28 Å². The molecule has 0 radical (unpaired) electrons. The van der Waals surface area contributed by atoms with Gasteiger partial charge in [-0.3, -0.25) is 0 Å². The van der Waals surface area contributed by atoms with E-state index >= 15 is 0 Å². The number of rotatable bonds is 0. The SMILES string of the molecule is N#Cc1cc(C(F)(F)F)nc(Cl)n1. The Kier molecular flexibility index (Phi) is 2.38. The fraction of sp³-hybridized carbons (Fsp3) is 0.167. The average molecular weight is 208 g/mol. The van der Waals surface area contributed by atoms with Crippen molar-refractivity contribution in [3.63, 3.8) is 0 Å². The van der Waals surface area contributed by atoms with Gasteiger partial charge < -0.3 is 0 Å². The molecule has 0 fully saturated rings. The van der Waals surface area contributed by atoms with Crippen molar-refractivity contribution >= 4 is 11.6 Å². The molecule has 0 bridgehead atoms. The van der Waals surface area contributed by atoms with E-state index in [1.807, 2.05) is 0 Å². The highest BCUT2D eigenvalue weighted by Gasteiger charge is 2.33. The Morgan fingerprint density at radius 3 is 2.46 bits per heavy atom. The lowest BCUT2D eigenvalue weighted by atomic mass is 10.3. The molecule has 0 saturated carbocycles. The third-order valence-corrected chi connectivity index (χ3v) is 1.27. The van der Waals surface area contributed by atoms with E-state index in [2.05, 4.69) is 9.97 Å². The Bertz CT molecular complexity index is 368. The summed E-state index contributed by atoms with van der Waals surface area (Å²) in [6, 6.07) is 1.98. The number of aromatic nitrogens is 2. The molecule has 13 heavy (non-hydrogen) atoms. The van der Waals surface area contributed by atoms with Gasteiger partial charge >= 0.3 is 6.18 Å². The molecule has 68 valence electrons. The molecule has 0 N–H and O–H groups in total. The Morgan fingerprint density at radius 1 is 1.38 bits per heavy atom. The molecule has 1 aromatic rings. The van der Waals surface area contributed by atoms with Gasteiger partial charge in [0.05, 0.1) is 0 Å². The molecule has 0 amide bonds. The number of alkyl halides is 3. The van der Waals surface area contributed by atoms with Gasteiger partial charge in [0, 0.05) is 6.07 Å². The normalized spacial score (nSPS) is 11.0. The zero-order valence-corrected chi connectivity index (χ0v) is 6.69. The summed E-state index contributed by atoms with van der Waals surface area (Å²) in [5, 5.41) is 7.69. The maximum absolute atomic E-state index is 12.0. The molecule has 1 heterocycles. The Morgan fingerprint density at radius 2 is 2.00 bits per heavy atom. The quantitative estimate of drug-likeness (QED) is 0.612. The van der Waals surface area contributed by atoms with E-state index in [1.54, 1.807) is 0 Å². The van der Waals surface area contributed by atoms with Gasteiger partial charge in [0.15, 0.2) is 5.69 Å². The largest absolute Gasteiger partial charge is 0.433 e. The van der Waals surface area contributed by atoms with Crippen molar-refractivity contribution in [3.05, 3.63) is 22.7 Å². The number of hydrogen-bond acceptors (Lipinski definition) is 3. The molecular formula is C6HClF3N3. The van der Waals surface area contributed by atoms with Gasteiger partial charge in [-0.05, 0) is 11.6 Å². The third kappa shape index (κ3) is 2.29. The van der Waals surface area contributed by atoms with Crippen LogP contribution in [0.3, 0.4) is 0 Å². The lowest BCUT2D eigenvalue weighted by Gasteiger charge is -2.04. The van der Waals surface area contributed by atoms with Gasteiger partial charge in [-0.15, -0.1) is 0 Å². The first-order valence-electron chi connectivity index (χ1n) is 2.95. The van der Waals surface area contributed by atoms with E-state index < -0.39 is 22.8 Å². The second-order valence-corrected chi connectivity index (χ2v) is 2.36. The smallest absolute Gasteiger partial charge is 0.213 e. The Labute approximate surface area is 75.8 Å². The van der Waals surface area contributed by atoms with Crippen LogP contribution in [0.25, 0.3) is 0 Å². The van der Waals surface area contributed by atoms with Crippen LogP contribution < -0.4 is 0 Å². The fourth-order valence-electron chi connectivity index (χ4n) is 0.620. The summed E-state index contributed by atoms with van der Waals surface area (Å²) in [4.78, 5) is 6.19. The van der Waals surface area contributed by atoms with Crippen molar-refractivity contribution in [2.45, 2.75) is 6.18 Å². The first-order chi connectivity index (χ1) is 5.93. The molecule has 1 aromatic heterocycles. The summed E-state index contributed by atoms with van der Waals surface area (Å²) in [7, 11) is 0. The van der Waals surface area contributed by atoms with Crippen molar-refractivity contribution in [2.75, 3.05) is 0 Å². The summed E-state index contributed by atoms with van der Waals surface area (Å²) in [6.45, 7) is 0. The van der Waals surface area contributed by atoms with Crippen molar-refractivity contribution in [1.82, 2.24) is 9.97 Å². The van der Waals surface area contributed by atoms with Crippen molar-refractivity contribution in [2.24, 2.45) is 0 Å². The van der Waals surface area contributed by atoms with Crippen molar-refractivity contribution in [3.8, 4) is 6.07 Å². The first-order valence-corrected chi connectivity index (χ1v) is 3.33. The van der Waals surface area contributed by atoms with E-state index in [-0.39, 0.29) is 0 Å². The summed E-state index contributed by atoms with van der Waals surface area (Å²) in [5.74, 6) is 0. The van der Waals surface area contributed by atoms with Crippen LogP contribution in [0.15, 0.2) is 6.07 Å². The molecule has 0 saturated heterocycles. The van der Waals surface area contributed by atoms with Gasteiger partial charge in [-0.2, -0.15) is 18.4 Å². The second-order valence-electron chi connectivity index (χ2n) is 2.02. The monoisotopic (exact) mass is 207 g/mol. The van der Waals surface area contributed by atoms with Gasteiger partial charge in [0.1, 0.15) is 11.8 Å². The molecule has 7 heteroatoms. The highest BCUT2D eigenvalue weighted by Crippen LogP contribution is 2.28. The van der Waals surface area contributed by atoms with Crippen LogP contribution in [-0.2, 0) is 6.18 Å². The number of nitriles is 1. The van der Waals surface area contributed by atoms with Crippen LogP contribution in [0.1, 0.15) is 11.4 Å². The zero-order valence-electron chi connectivity index (χ0n) is 5.93. The molecule has 0 atom stereocenters. The first kappa shape index (κ1) is 9.74. The van der Waals surface area contributed by atoms with Crippen molar-refractivity contribution in [1.29, 1.82) is 5.26 Å². The lowest BCUT2D eigenvalue weighted by Crippen LogP contribution is -2.09. The average Bonchev–Trinajstić information content (AvgIpc) is 2.01. The van der Waals surface area contributed by atoms with Crippen LogP contribution in [-0.4, -0.2) is 9.97 Å². The molecule has 0 spiro atoms. The van der Waals surface area contributed by atoms with Crippen LogP contribution in [0.2, 0.25) is 5.28 Å². The van der Waals surface area contributed by atoms with Crippen LogP contribution in [0.4, 0.5) is 13.2 Å². The predicted molar refractivity (Wildman–Crippen MR) is 36.8 cm³/mol. The highest BCUT2D eigenvalue weighted by molar-refractivity contribution is 6.28. The molecule has 1 rings (SSSR count). The molecule has 0 aliphatic carbocycles. The molecule has 0 aliphatic rings. The number of nitrogens with zero attached hydrogens (tertiary/aromatic N) is 3. The maximum atomic E-state index is 12.0. The second kappa shape index (κ2) is 3.18. The van der Waals surface area contributed by atoms with Gasteiger partial charge in [-0.1, -0.05) is 0 Å².